The summed E-state index contributed by atoms with van der Waals surface area (Å²) >= 11 is 1.45. The van der Waals surface area contributed by atoms with Crippen LogP contribution in [0.1, 0.15) is 121 Å². The van der Waals surface area contributed by atoms with Gasteiger partial charge in [0.05, 0.1) is 12.6 Å². The molecule has 0 bridgehead atoms. The summed E-state index contributed by atoms with van der Waals surface area (Å²) in [6, 6.07) is 4.51. The Balaban J connectivity index is 1.56. The fourth-order valence-corrected chi connectivity index (χ4v) is 11.5. The van der Waals surface area contributed by atoms with Crippen LogP contribution in [-0.2, 0) is 75.2 Å². The van der Waals surface area contributed by atoms with Gasteiger partial charge in [-0.05, 0) is 119 Å². The second-order valence-electron chi connectivity index (χ2n) is 24.1. The van der Waals surface area contributed by atoms with Crippen LogP contribution >= 0.6 is 11.8 Å². The predicted molar refractivity (Wildman–Crippen MR) is 356 cm³/mol. The van der Waals surface area contributed by atoms with E-state index in [1.807, 2.05) is 20.1 Å². The van der Waals surface area contributed by atoms with Crippen molar-refractivity contribution in [1.82, 2.24) is 52.3 Å². The van der Waals surface area contributed by atoms with Crippen molar-refractivity contribution in [1.29, 1.82) is 0 Å². The molecule has 2 fully saturated rings. The highest BCUT2D eigenvalue weighted by Crippen LogP contribution is 2.24. The lowest BCUT2D eigenvalue weighted by Gasteiger charge is -2.32. The van der Waals surface area contributed by atoms with E-state index in [4.69, 9.17) is 40.1 Å². The van der Waals surface area contributed by atoms with Gasteiger partial charge in [0, 0.05) is 45.3 Å². The van der Waals surface area contributed by atoms with Gasteiger partial charge in [-0.25, -0.2) is 0 Å². The third-order valence-electron chi connectivity index (χ3n) is 16.0. The molecule has 0 saturated carbocycles. The molecule has 10 atom stereocenters. The first kappa shape index (κ1) is 78.5. The number of thioether (sulfide) groups is 1. The molecule has 0 aromatic heterocycles. The van der Waals surface area contributed by atoms with Gasteiger partial charge in [-0.15, -0.1) is 0 Å². The maximum Gasteiger partial charge on any atom is 0.245 e. The minimum Gasteiger partial charge on any atom is -0.370 e. The summed E-state index contributed by atoms with van der Waals surface area (Å²) < 4.78 is 0. The zero-order valence-corrected chi connectivity index (χ0v) is 55.3. The normalized spacial score (nSPS) is 16.8. The summed E-state index contributed by atoms with van der Waals surface area (Å²) in [7, 11) is 0. The van der Waals surface area contributed by atoms with Crippen molar-refractivity contribution in [2.45, 2.75) is 183 Å². The van der Waals surface area contributed by atoms with Crippen molar-refractivity contribution in [3.63, 3.8) is 0 Å². The van der Waals surface area contributed by atoms with E-state index in [2.05, 4.69) is 47.5 Å². The van der Waals surface area contributed by atoms with Crippen molar-refractivity contribution in [2.24, 2.45) is 51.0 Å². The number of guanidine groups is 1. The number of aliphatic imine (C=N–C) groups is 1. The molecule has 95 heavy (non-hydrogen) atoms. The molecule has 4 rings (SSSR count). The molecule has 31 nitrogen and oxygen atoms in total. The van der Waals surface area contributed by atoms with Gasteiger partial charge in [0.15, 0.2) is 5.96 Å². The van der Waals surface area contributed by atoms with Crippen LogP contribution in [0, 0.1) is 5.92 Å². The predicted octanol–water partition coefficient (Wildman–Crippen LogP) is -3.71. The largest absolute Gasteiger partial charge is 0.370 e. The van der Waals surface area contributed by atoms with Crippen LogP contribution in [0.2, 0.25) is 0 Å². The van der Waals surface area contributed by atoms with E-state index in [1.54, 1.807) is 60.7 Å². The fraction of sp³-hybridized carbons (Fsp3) is 0.587. The second-order valence-corrected chi connectivity index (χ2v) is 25.1. The van der Waals surface area contributed by atoms with Crippen LogP contribution in [0.3, 0.4) is 0 Å². The number of primary amides is 3. The molecule has 2 aromatic carbocycles. The second kappa shape index (κ2) is 41.0. The molecule has 2 aliphatic heterocycles. The topological polar surface area (TPSA) is 519 Å². The Kier molecular flexibility index (Phi) is 33.9. The van der Waals surface area contributed by atoms with E-state index in [0.29, 0.717) is 55.4 Å². The Morgan fingerprint density at radius 1 is 0.537 bits per heavy atom. The van der Waals surface area contributed by atoms with Crippen molar-refractivity contribution >= 4 is 94.5 Å². The van der Waals surface area contributed by atoms with Gasteiger partial charge in [0.25, 0.3) is 0 Å². The molecular formula is C63H98N18O13S. The van der Waals surface area contributed by atoms with Crippen molar-refractivity contribution in [3.8, 4) is 0 Å². The van der Waals surface area contributed by atoms with Gasteiger partial charge in [-0.3, -0.25) is 67.3 Å². The first-order valence-electron chi connectivity index (χ1n) is 32.2. The number of hydrogen-bond acceptors (Lipinski definition) is 17. The number of nitrogens with one attached hydrogen (secondary N) is 8. The number of amides is 13. The smallest absolute Gasteiger partial charge is 0.245 e. The van der Waals surface area contributed by atoms with Gasteiger partial charge >= 0.3 is 0 Å². The molecule has 22 N–H and O–H groups in total. The number of nitrogens with two attached hydrogens (primary N) is 7. The Hall–Kier alpha value is -8.91. The number of likely N-dealkylation sites (tertiary alicyclic amines) is 2. The summed E-state index contributed by atoms with van der Waals surface area (Å²) in [5.74, 6) is -9.80. The quantitative estimate of drug-likeness (QED) is 0.0173. The first-order valence-corrected chi connectivity index (χ1v) is 33.6. The summed E-state index contributed by atoms with van der Waals surface area (Å²) in [6.45, 7) is 3.86. The minimum absolute atomic E-state index is 0.0736. The SMILES string of the molecule is CSCC[C@H](NC(=O)[C@H](CC(C)C)NC(=O)CNC(=O)[C@@H](Cc1ccccc1)NC(=O)[C@H](Cc1ccccc1)NC(=O)[C@H](CCC(N)=O)NC(=O)[C@H](CCC(N)=O)NC(=O)[C@@H]1CCCN1C(=O)[C@@H](CCCCN)NC(=O)[C@@H]1CCCN1C(=O)[C@H](N)CCCN=C(N)N)C(N)=O. The van der Waals surface area contributed by atoms with Gasteiger partial charge in [-0.1, -0.05) is 74.5 Å². The number of hydrogen-bond donors (Lipinski definition) is 15. The molecule has 2 saturated heterocycles. The van der Waals surface area contributed by atoms with Crippen molar-refractivity contribution < 1.29 is 62.3 Å². The molecule has 32 heteroatoms. The van der Waals surface area contributed by atoms with E-state index in [9.17, 15) is 62.3 Å². The van der Waals surface area contributed by atoms with Gasteiger partial charge < -0.3 is 92.5 Å². The lowest BCUT2D eigenvalue weighted by molar-refractivity contribution is -0.144. The molecule has 524 valence electrons. The van der Waals surface area contributed by atoms with Crippen molar-refractivity contribution in [3.05, 3.63) is 71.8 Å². The molecule has 13 amide bonds. The lowest BCUT2D eigenvalue weighted by atomic mass is 10.0. The van der Waals surface area contributed by atoms with Crippen LogP contribution in [0.25, 0.3) is 0 Å². The average molecular weight is 1350 g/mol. The standard InChI is InChI=1S/C63H98N18O13S/c1-37(2)33-45(57(89)74-41(53(68)85)27-32-95-3)73-52(84)36-72-54(86)46(34-38-15-6-4-7-16-38)78-58(90)47(35-39-17-8-5-9-18-39)79-56(88)42(23-25-50(66)82)75-55(87)43(24-26-51(67)83)76-59(91)49-22-14-31-81(49)62(94)44(20-10-11-28-64)77-60(92)48-21-13-30-80(48)61(93)40(65)19-12-29-71-63(69)70/h4-9,15-18,37,40-49H,10-14,19-36,64-65H2,1-3H3,(H2,66,82)(H2,67,83)(H2,68,85)(H,72,86)(H,73,84)(H,74,89)(H,75,87)(H,76,91)(H,77,92)(H,78,90)(H,79,88)(H4,69,70,71)/t40-,41+,42+,43+,44-,45+,46-,47+,48+,49+/m1/s1. The third-order valence-corrected chi connectivity index (χ3v) is 16.7. The number of rotatable bonds is 42. The maximum atomic E-state index is 14.7. The number of carbonyl (C=O) groups excluding carboxylic acids is 13. The Morgan fingerprint density at radius 3 is 1.51 bits per heavy atom. The van der Waals surface area contributed by atoms with E-state index in [1.165, 1.54) is 21.6 Å². The molecular weight excluding hydrogens is 1250 g/mol. The highest BCUT2D eigenvalue weighted by molar-refractivity contribution is 7.98. The lowest BCUT2D eigenvalue weighted by Crippen LogP contribution is -2.60. The van der Waals surface area contributed by atoms with Gasteiger partial charge in [0.2, 0.25) is 76.8 Å². The van der Waals surface area contributed by atoms with E-state index >= 15 is 0 Å². The van der Waals surface area contributed by atoms with Gasteiger partial charge in [-0.2, -0.15) is 11.8 Å². The highest BCUT2D eigenvalue weighted by Gasteiger charge is 2.42. The summed E-state index contributed by atoms with van der Waals surface area (Å²) in [6.07, 6.45) is 3.12. The number of unbranched alkanes of at least 4 members (excludes halogenated alkanes) is 1. The minimum atomic E-state index is -1.64. The maximum absolute atomic E-state index is 14.7. The Bertz CT molecular complexity index is 2960. The Morgan fingerprint density at radius 2 is 1.01 bits per heavy atom. The molecule has 0 aliphatic carbocycles. The van der Waals surface area contributed by atoms with Gasteiger partial charge in [0.1, 0.15) is 54.4 Å². The number of nitrogens with zero attached hydrogens (tertiary/aromatic N) is 3. The zero-order valence-electron chi connectivity index (χ0n) is 54.5. The van der Waals surface area contributed by atoms with Crippen LogP contribution in [0.4, 0.5) is 0 Å². The van der Waals surface area contributed by atoms with E-state index < -0.39 is 169 Å². The number of benzene rings is 2. The van der Waals surface area contributed by atoms with E-state index in [-0.39, 0.29) is 83.0 Å². The summed E-state index contributed by atoms with van der Waals surface area (Å²) in [5, 5.41) is 21.1. The molecule has 2 aliphatic rings. The van der Waals surface area contributed by atoms with E-state index in [0.717, 1.165) is 0 Å². The molecule has 0 spiro atoms. The molecule has 0 unspecified atom stereocenters. The Labute approximate surface area is 558 Å². The molecule has 0 radical (unpaired) electrons. The van der Waals surface area contributed by atoms with Crippen LogP contribution < -0.4 is 82.7 Å². The summed E-state index contributed by atoms with van der Waals surface area (Å²) in [4.78, 5) is 185. The summed E-state index contributed by atoms with van der Waals surface area (Å²) in [5.41, 5.74) is 40.6. The third kappa shape index (κ3) is 27.5. The average Bonchev–Trinajstić information content (AvgIpc) is 1.74. The molecule has 2 heterocycles. The molecule has 2 aromatic rings. The number of carbonyl (C=O) groups is 13. The van der Waals surface area contributed by atoms with Crippen LogP contribution in [-0.4, -0.2) is 198 Å². The fourth-order valence-electron chi connectivity index (χ4n) is 11.0. The van der Waals surface area contributed by atoms with Crippen molar-refractivity contribution in [2.75, 3.05) is 44.7 Å². The zero-order chi connectivity index (χ0) is 70.1. The van der Waals surface area contributed by atoms with Crippen LogP contribution in [0.15, 0.2) is 65.7 Å². The monoisotopic (exact) mass is 1350 g/mol. The van der Waals surface area contributed by atoms with Crippen LogP contribution in [0.5, 0.6) is 0 Å². The highest BCUT2D eigenvalue weighted by atomic mass is 32.2. The first-order chi connectivity index (χ1) is 45.2.